The van der Waals surface area contributed by atoms with Gasteiger partial charge in [-0.15, -0.1) is 6.58 Å². The minimum absolute atomic E-state index is 0.216. The zero-order chi connectivity index (χ0) is 11.9. The van der Waals surface area contributed by atoms with Crippen molar-refractivity contribution in [2.24, 2.45) is 5.92 Å². The highest BCUT2D eigenvalue weighted by atomic mass is 16.8. The molecule has 92 valence electrons. The molecule has 2 aliphatic rings. The summed E-state index contributed by atoms with van der Waals surface area (Å²) in [6.45, 7) is 9.37. The van der Waals surface area contributed by atoms with Crippen LogP contribution >= 0.6 is 0 Å². The van der Waals surface area contributed by atoms with Crippen LogP contribution in [0.5, 0.6) is 0 Å². The summed E-state index contributed by atoms with van der Waals surface area (Å²) in [5.41, 5.74) is 0. The van der Waals surface area contributed by atoms with Crippen molar-refractivity contribution in [3.8, 4) is 0 Å². The van der Waals surface area contributed by atoms with E-state index in [0.717, 1.165) is 6.42 Å². The van der Waals surface area contributed by atoms with Gasteiger partial charge in [0.1, 0.15) is 12.2 Å². The Balaban J connectivity index is 2.02. The molecule has 4 nitrogen and oxygen atoms in total. The molecule has 0 aromatic carbocycles. The number of hydrogen-bond donors (Lipinski definition) is 1. The first-order valence-corrected chi connectivity index (χ1v) is 5.74. The number of hydrogen-bond acceptors (Lipinski definition) is 4. The van der Waals surface area contributed by atoms with E-state index >= 15 is 0 Å². The molecule has 2 heterocycles. The van der Waals surface area contributed by atoms with Gasteiger partial charge in [0.2, 0.25) is 0 Å². The van der Waals surface area contributed by atoms with Crippen LogP contribution in [0.1, 0.15) is 27.2 Å². The third-order valence-electron chi connectivity index (χ3n) is 3.15. The molecule has 0 aromatic heterocycles. The Morgan fingerprint density at radius 1 is 1.44 bits per heavy atom. The molecule has 0 bridgehead atoms. The van der Waals surface area contributed by atoms with Gasteiger partial charge in [0.25, 0.3) is 0 Å². The van der Waals surface area contributed by atoms with E-state index in [-0.39, 0.29) is 18.1 Å². The van der Waals surface area contributed by atoms with Crippen LogP contribution in [0.2, 0.25) is 0 Å². The van der Waals surface area contributed by atoms with Gasteiger partial charge in [-0.1, -0.05) is 13.0 Å². The summed E-state index contributed by atoms with van der Waals surface area (Å²) in [6.07, 6.45) is 0.978. The third-order valence-corrected chi connectivity index (χ3v) is 3.15. The van der Waals surface area contributed by atoms with Crippen LogP contribution in [-0.2, 0) is 14.2 Å². The van der Waals surface area contributed by atoms with Crippen LogP contribution in [0.3, 0.4) is 0 Å². The minimum atomic E-state index is -0.664. The Hall–Kier alpha value is -0.420. The molecule has 0 aliphatic carbocycles. The number of aliphatic hydroxyl groups excluding tert-OH is 1. The molecule has 2 fully saturated rings. The van der Waals surface area contributed by atoms with E-state index in [1.165, 1.54) is 0 Å². The molecule has 4 heteroatoms. The molecule has 5 atom stereocenters. The Morgan fingerprint density at radius 3 is 2.69 bits per heavy atom. The van der Waals surface area contributed by atoms with Gasteiger partial charge in [0.05, 0.1) is 6.10 Å². The first-order chi connectivity index (χ1) is 7.44. The van der Waals surface area contributed by atoms with Crippen LogP contribution in [0.25, 0.3) is 0 Å². The molecule has 2 saturated heterocycles. The molecule has 1 N–H and O–H groups in total. The standard InChI is InChI=1S/C12H20O4/c1-5-6-7(2)9-8(13)10-11(14-9)16-12(3,4)15-10/h5,7-11,13H,1,6H2,2-4H3/t7-,8-,9-,10+,11+/m0/s1. The lowest BCUT2D eigenvalue weighted by Crippen LogP contribution is -2.37. The van der Waals surface area contributed by atoms with Crippen LogP contribution in [0.4, 0.5) is 0 Å². The Bertz CT molecular complexity index is 276. The molecule has 16 heavy (non-hydrogen) atoms. The molecule has 0 spiro atoms. The summed E-state index contributed by atoms with van der Waals surface area (Å²) in [7, 11) is 0. The number of allylic oxidation sites excluding steroid dienone is 1. The first-order valence-electron chi connectivity index (χ1n) is 5.74. The van der Waals surface area contributed by atoms with Gasteiger partial charge in [-0.3, -0.25) is 0 Å². The largest absolute Gasteiger partial charge is 0.387 e. The third kappa shape index (κ3) is 2.02. The fourth-order valence-corrected chi connectivity index (χ4v) is 2.38. The minimum Gasteiger partial charge on any atom is -0.387 e. The fraction of sp³-hybridized carbons (Fsp3) is 0.833. The van der Waals surface area contributed by atoms with Crippen molar-refractivity contribution in [2.45, 2.75) is 57.6 Å². The molecule has 0 amide bonds. The second-order valence-corrected chi connectivity index (χ2v) is 5.06. The van der Waals surface area contributed by atoms with E-state index < -0.39 is 18.2 Å². The van der Waals surface area contributed by atoms with Crippen LogP contribution in [0, 0.1) is 5.92 Å². The summed E-state index contributed by atoms with van der Waals surface area (Å²) < 4.78 is 16.9. The summed E-state index contributed by atoms with van der Waals surface area (Å²) >= 11 is 0. The maximum atomic E-state index is 10.1. The molecule has 2 rings (SSSR count). The predicted molar refractivity (Wildman–Crippen MR) is 58.7 cm³/mol. The fourth-order valence-electron chi connectivity index (χ4n) is 2.38. The van der Waals surface area contributed by atoms with Crippen molar-refractivity contribution in [1.29, 1.82) is 0 Å². The summed E-state index contributed by atoms with van der Waals surface area (Å²) in [5, 5.41) is 10.1. The number of rotatable bonds is 3. The lowest BCUT2D eigenvalue weighted by atomic mass is 9.96. The molecule has 0 radical (unpaired) electrons. The zero-order valence-corrected chi connectivity index (χ0v) is 10.1. The average molecular weight is 228 g/mol. The van der Waals surface area contributed by atoms with E-state index in [4.69, 9.17) is 14.2 Å². The van der Waals surface area contributed by atoms with Crippen molar-refractivity contribution in [3.63, 3.8) is 0 Å². The summed E-state index contributed by atoms with van der Waals surface area (Å²) in [4.78, 5) is 0. The first kappa shape index (κ1) is 12.0. The maximum Gasteiger partial charge on any atom is 0.190 e. The number of aliphatic hydroxyl groups is 1. The van der Waals surface area contributed by atoms with Crippen molar-refractivity contribution >= 4 is 0 Å². The highest BCUT2D eigenvalue weighted by Gasteiger charge is 2.55. The van der Waals surface area contributed by atoms with Crippen LogP contribution in [0.15, 0.2) is 12.7 Å². The van der Waals surface area contributed by atoms with Crippen LogP contribution in [-0.4, -0.2) is 35.5 Å². The second-order valence-electron chi connectivity index (χ2n) is 5.06. The molecular weight excluding hydrogens is 208 g/mol. The van der Waals surface area contributed by atoms with Crippen molar-refractivity contribution < 1.29 is 19.3 Å². The zero-order valence-electron chi connectivity index (χ0n) is 10.1. The molecule has 0 saturated carbocycles. The van der Waals surface area contributed by atoms with E-state index in [1.807, 2.05) is 26.8 Å². The second kappa shape index (κ2) is 4.11. The van der Waals surface area contributed by atoms with Gasteiger partial charge in [0, 0.05) is 0 Å². The monoisotopic (exact) mass is 228 g/mol. The van der Waals surface area contributed by atoms with Gasteiger partial charge in [-0.05, 0) is 26.2 Å². The average Bonchev–Trinajstić information content (AvgIpc) is 2.62. The quantitative estimate of drug-likeness (QED) is 0.742. The summed E-state index contributed by atoms with van der Waals surface area (Å²) in [5.74, 6) is -0.448. The molecule has 0 aromatic rings. The van der Waals surface area contributed by atoms with Gasteiger partial charge in [-0.25, -0.2) is 0 Å². The Labute approximate surface area is 96.2 Å². The highest BCUT2D eigenvalue weighted by molar-refractivity contribution is 4.95. The van der Waals surface area contributed by atoms with Crippen molar-refractivity contribution in [1.82, 2.24) is 0 Å². The predicted octanol–water partition coefficient (Wildman–Crippen LogP) is 1.44. The summed E-state index contributed by atoms with van der Waals surface area (Å²) in [6, 6.07) is 0. The van der Waals surface area contributed by atoms with E-state index in [2.05, 4.69) is 6.58 Å². The topological polar surface area (TPSA) is 47.9 Å². The van der Waals surface area contributed by atoms with Gasteiger partial charge in [-0.2, -0.15) is 0 Å². The van der Waals surface area contributed by atoms with Gasteiger partial charge < -0.3 is 19.3 Å². The molecule has 2 aliphatic heterocycles. The number of fused-ring (bicyclic) bond motifs is 1. The maximum absolute atomic E-state index is 10.1. The highest BCUT2D eigenvalue weighted by Crippen LogP contribution is 2.39. The van der Waals surface area contributed by atoms with E-state index in [9.17, 15) is 5.11 Å². The lowest BCUT2D eigenvalue weighted by molar-refractivity contribution is -0.220. The van der Waals surface area contributed by atoms with E-state index in [1.54, 1.807) is 0 Å². The normalized spacial score (nSPS) is 43.0. The van der Waals surface area contributed by atoms with Crippen LogP contribution < -0.4 is 0 Å². The number of ether oxygens (including phenoxy) is 3. The van der Waals surface area contributed by atoms with Crippen molar-refractivity contribution in [3.05, 3.63) is 12.7 Å². The molecule has 0 unspecified atom stereocenters. The Kier molecular flexibility index (Phi) is 3.09. The lowest BCUT2D eigenvalue weighted by Gasteiger charge is -2.26. The van der Waals surface area contributed by atoms with Gasteiger partial charge >= 0.3 is 0 Å². The smallest absolute Gasteiger partial charge is 0.190 e. The SMILES string of the molecule is C=CC[C@H](C)[C@@H]1O[C@@H]2OC(C)(C)O[C@@H]2[C@H]1O. The van der Waals surface area contributed by atoms with E-state index in [0.29, 0.717) is 0 Å². The van der Waals surface area contributed by atoms with Crippen molar-refractivity contribution in [2.75, 3.05) is 0 Å². The molecular formula is C12H20O4. The Morgan fingerprint density at radius 2 is 2.12 bits per heavy atom. The van der Waals surface area contributed by atoms with Gasteiger partial charge in [0.15, 0.2) is 12.1 Å².